The first-order valence-corrected chi connectivity index (χ1v) is 11.7. The van der Waals surface area contributed by atoms with Gasteiger partial charge in [-0.15, -0.1) is 0 Å². The van der Waals surface area contributed by atoms with Crippen LogP contribution in [0.1, 0.15) is 37.7 Å². The van der Waals surface area contributed by atoms with Gasteiger partial charge in [0.1, 0.15) is 34.7 Å². The molecule has 1 saturated carbocycles. The highest BCUT2D eigenvalue weighted by Gasteiger charge is 2.44. The summed E-state index contributed by atoms with van der Waals surface area (Å²) in [7, 11) is -4.28. The second-order valence-electron chi connectivity index (χ2n) is 8.08. The largest absolute Gasteiger partial charge is 0.489 e. The van der Waals surface area contributed by atoms with Crippen LogP contribution in [0.25, 0.3) is 0 Å². The molecule has 4 rings (SSSR count). The monoisotopic (exact) mass is 481 g/mol. The number of aromatic amines is 1. The van der Waals surface area contributed by atoms with E-state index < -0.39 is 45.1 Å². The molecule has 3 atom stereocenters. The van der Waals surface area contributed by atoms with E-state index in [-0.39, 0.29) is 23.9 Å². The highest BCUT2D eigenvalue weighted by molar-refractivity contribution is 7.92. The molecule has 12 heteroatoms. The third-order valence-electron chi connectivity index (χ3n) is 5.68. The van der Waals surface area contributed by atoms with Gasteiger partial charge in [-0.25, -0.2) is 31.6 Å². The molecule has 0 aliphatic heterocycles. The summed E-state index contributed by atoms with van der Waals surface area (Å²) in [6, 6.07) is 4.47. The van der Waals surface area contributed by atoms with E-state index >= 15 is 0 Å². The minimum Gasteiger partial charge on any atom is -0.489 e. The number of rotatable bonds is 6. The summed E-state index contributed by atoms with van der Waals surface area (Å²) in [5.74, 6) is -4.63. The van der Waals surface area contributed by atoms with Crippen molar-refractivity contribution in [3.8, 4) is 5.75 Å². The molecule has 0 amide bonds. The zero-order chi connectivity index (χ0) is 23.6. The van der Waals surface area contributed by atoms with Crippen molar-refractivity contribution in [1.29, 1.82) is 0 Å². The van der Waals surface area contributed by atoms with E-state index in [0.29, 0.717) is 6.42 Å². The first-order valence-electron chi connectivity index (χ1n) is 10.3. The molecule has 0 saturated heterocycles. The van der Waals surface area contributed by atoms with Gasteiger partial charge in [-0.3, -0.25) is 9.82 Å². The topological polar surface area (TPSA) is 110 Å². The summed E-state index contributed by atoms with van der Waals surface area (Å²) < 4.78 is 76.8. The van der Waals surface area contributed by atoms with E-state index in [2.05, 4.69) is 24.9 Å². The van der Waals surface area contributed by atoms with Gasteiger partial charge in [0, 0.05) is 37.2 Å². The number of anilines is 1. The fourth-order valence-electron chi connectivity index (χ4n) is 4.10. The second kappa shape index (κ2) is 9.00. The molecule has 0 spiro atoms. The molecule has 33 heavy (non-hydrogen) atoms. The maximum Gasteiger partial charge on any atom is 0.265 e. The summed E-state index contributed by atoms with van der Waals surface area (Å²) >= 11 is 0. The van der Waals surface area contributed by atoms with Gasteiger partial charge in [-0.05, 0) is 36.1 Å². The zero-order valence-corrected chi connectivity index (χ0v) is 18.4. The van der Waals surface area contributed by atoms with E-state index in [0.717, 1.165) is 24.0 Å². The van der Waals surface area contributed by atoms with Crippen LogP contribution in [-0.4, -0.2) is 40.6 Å². The lowest BCUT2D eigenvalue weighted by Gasteiger charge is -2.30. The van der Waals surface area contributed by atoms with Gasteiger partial charge in [0.2, 0.25) is 0 Å². The van der Waals surface area contributed by atoms with E-state index in [9.17, 15) is 21.6 Å². The number of alkyl halides is 2. The van der Waals surface area contributed by atoms with Crippen molar-refractivity contribution in [3.63, 3.8) is 0 Å². The van der Waals surface area contributed by atoms with E-state index in [1.807, 2.05) is 6.92 Å². The van der Waals surface area contributed by atoms with Gasteiger partial charge in [-0.2, -0.15) is 5.10 Å². The number of hydrogen-bond donors (Lipinski definition) is 2. The Morgan fingerprint density at radius 3 is 2.76 bits per heavy atom. The SMILES string of the molecule is C[C@@H]1CCC(F)(F)C[C@H](Oc2ccc(S(=O)(=O)Nc3ccncn3)c(F)c2)[C@H]1c1cn[nH]c1. The lowest BCUT2D eigenvalue weighted by molar-refractivity contribution is -0.0402. The Labute approximate surface area is 188 Å². The second-order valence-corrected chi connectivity index (χ2v) is 9.73. The summed E-state index contributed by atoms with van der Waals surface area (Å²) in [4.78, 5) is 6.81. The summed E-state index contributed by atoms with van der Waals surface area (Å²) in [5, 5.41) is 6.61. The van der Waals surface area contributed by atoms with Crippen molar-refractivity contribution in [2.45, 2.75) is 49.0 Å². The molecule has 0 radical (unpaired) electrons. The Kier molecular flexibility index (Phi) is 6.28. The lowest BCUT2D eigenvalue weighted by atomic mass is 9.83. The highest BCUT2D eigenvalue weighted by Crippen LogP contribution is 2.43. The molecule has 1 aromatic carbocycles. The summed E-state index contributed by atoms with van der Waals surface area (Å²) in [5.41, 5.74) is 0.721. The standard InChI is InChI=1S/C21H22F3N5O3S/c1-13-4-6-21(23,24)9-17(20(13)14-10-27-28-11-14)32-15-2-3-18(16(22)8-15)33(30,31)29-19-5-7-25-12-26-19/h2-3,5,7-8,10-13,17,20H,4,6,9H2,1H3,(H,27,28)(H,25,26,29)/t13-,17+,20-/m1/s1. The van der Waals surface area contributed by atoms with Crippen molar-refractivity contribution in [3.05, 3.63) is 60.6 Å². The van der Waals surface area contributed by atoms with Crippen molar-refractivity contribution < 1.29 is 26.3 Å². The van der Waals surface area contributed by atoms with Crippen LogP contribution in [0.15, 0.2) is 54.1 Å². The number of aromatic nitrogens is 4. The minimum absolute atomic E-state index is 0.0256. The normalized spacial score (nSPS) is 23.0. The number of benzene rings is 1. The van der Waals surface area contributed by atoms with Crippen molar-refractivity contribution in [1.82, 2.24) is 20.2 Å². The Bertz CT molecular complexity index is 1190. The molecule has 8 nitrogen and oxygen atoms in total. The van der Waals surface area contributed by atoms with Crippen LogP contribution in [0.2, 0.25) is 0 Å². The molecule has 1 fully saturated rings. The van der Waals surface area contributed by atoms with Crippen LogP contribution in [0.3, 0.4) is 0 Å². The van der Waals surface area contributed by atoms with Crippen molar-refractivity contribution >= 4 is 15.8 Å². The lowest BCUT2D eigenvalue weighted by Crippen LogP contribution is -2.32. The molecule has 0 bridgehead atoms. The van der Waals surface area contributed by atoms with Gasteiger partial charge < -0.3 is 4.74 Å². The van der Waals surface area contributed by atoms with Crippen LogP contribution >= 0.6 is 0 Å². The first kappa shape index (κ1) is 23.0. The first-order chi connectivity index (χ1) is 15.6. The summed E-state index contributed by atoms with van der Waals surface area (Å²) in [6.07, 6.45) is 4.18. The number of nitrogens with zero attached hydrogens (tertiary/aromatic N) is 3. The Morgan fingerprint density at radius 1 is 1.27 bits per heavy atom. The van der Waals surface area contributed by atoms with E-state index in [1.54, 1.807) is 12.4 Å². The Morgan fingerprint density at radius 2 is 2.09 bits per heavy atom. The minimum atomic E-state index is -4.28. The number of H-pyrrole nitrogens is 1. The fourth-order valence-corrected chi connectivity index (χ4v) is 5.17. The van der Waals surface area contributed by atoms with E-state index in [1.165, 1.54) is 18.3 Å². The molecule has 0 unspecified atom stereocenters. The van der Waals surface area contributed by atoms with Gasteiger partial charge in [0.15, 0.2) is 0 Å². The third-order valence-corrected chi connectivity index (χ3v) is 7.07. The maximum absolute atomic E-state index is 14.8. The number of halogens is 3. The summed E-state index contributed by atoms with van der Waals surface area (Å²) in [6.45, 7) is 1.87. The predicted molar refractivity (Wildman–Crippen MR) is 113 cm³/mol. The zero-order valence-electron chi connectivity index (χ0n) is 17.6. The van der Waals surface area contributed by atoms with Gasteiger partial charge in [0.25, 0.3) is 15.9 Å². The Hall–Kier alpha value is -3.15. The van der Waals surface area contributed by atoms with Crippen LogP contribution in [0.4, 0.5) is 19.0 Å². The van der Waals surface area contributed by atoms with Crippen LogP contribution in [-0.2, 0) is 10.0 Å². The van der Waals surface area contributed by atoms with Gasteiger partial charge >= 0.3 is 0 Å². The number of hydrogen-bond acceptors (Lipinski definition) is 6. The predicted octanol–water partition coefficient (Wildman–Crippen LogP) is 4.13. The maximum atomic E-state index is 14.8. The molecule has 2 heterocycles. The Balaban J connectivity index is 1.60. The van der Waals surface area contributed by atoms with Crippen LogP contribution in [0.5, 0.6) is 5.75 Å². The highest BCUT2D eigenvalue weighted by atomic mass is 32.2. The molecule has 176 valence electrons. The van der Waals surface area contributed by atoms with Crippen LogP contribution in [0, 0.1) is 11.7 Å². The number of sulfonamides is 1. The smallest absolute Gasteiger partial charge is 0.265 e. The quantitative estimate of drug-likeness (QED) is 0.513. The molecular formula is C21H22F3N5O3S. The molecular weight excluding hydrogens is 459 g/mol. The number of nitrogens with one attached hydrogen (secondary N) is 2. The third kappa shape index (κ3) is 5.27. The average Bonchev–Trinajstić information content (AvgIpc) is 3.23. The molecule has 2 N–H and O–H groups in total. The fraction of sp³-hybridized carbons (Fsp3) is 0.381. The number of ether oxygens (including phenoxy) is 1. The molecule has 3 aromatic rings. The van der Waals surface area contributed by atoms with E-state index in [4.69, 9.17) is 4.74 Å². The average molecular weight is 482 g/mol. The van der Waals surface area contributed by atoms with Gasteiger partial charge in [-0.1, -0.05) is 6.92 Å². The molecule has 1 aliphatic rings. The molecule has 1 aliphatic carbocycles. The molecule has 2 aromatic heterocycles. The van der Waals surface area contributed by atoms with Crippen molar-refractivity contribution in [2.24, 2.45) is 5.92 Å². The van der Waals surface area contributed by atoms with Crippen LogP contribution < -0.4 is 9.46 Å². The van der Waals surface area contributed by atoms with Gasteiger partial charge in [0.05, 0.1) is 6.20 Å². The van der Waals surface area contributed by atoms with Crippen molar-refractivity contribution in [2.75, 3.05) is 4.72 Å².